The maximum atomic E-state index is 14.0. The van der Waals surface area contributed by atoms with Gasteiger partial charge in [0.15, 0.2) is 0 Å². The van der Waals surface area contributed by atoms with Crippen LogP contribution in [0.25, 0.3) is 27.6 Å². The number of hydrogen-bond acceptors (Lipinski definition) is 12. The first kappa shape index (κ1) is 82.3. The monoisotopic (exact) mass is 1530 g/mol. The molecule has 112 heavy (non-hydrogen) atoms. The molecule has 0 aliphatic carbocycles. The van der Waals surface area contributed by atoms with Crippen molar-refractivity contribution in [2.75, 3.05) is 72.0 Å². The Kier molecular flexibility index (Phi) is 31.4. The minimum Gasteiger partial charge on any atom is -0.351 e. The molecule has 9 aromatic carbocycles. The molecule has 3 aliphatic rings. The quantitative estimate of drug-likeness (QED) is 0.0198. The van der Waals surface area contributed by atoms with E-state index in [1.54, 1.807) is 30.7 Å². The van der Waals surface area contributed by atoms with Gasteiger partial charge in [0.2, 0.25) is 23.6 Å². The number of H-pyrrole nitrogens is 1. The van der Waals surface area contributed by atoms with Gasteiger partial charge in [0, 0.05) is 135 Å². The summed E-state index contributed by atoms with van der Waals surface area (Å²) in [7, 11) is 0. The highest BCUT2D eigenvalue weighted by Crippen LogP contribution is 2.29. The number of halogens is 1. The Labute approximate surface area is 664 Å². The number of fused-ring (bicyclic) bond motifs is 2. The van der Waals surface area contributed by atoms with Crippen molar-refractivity contribution in [3.8, 4) is 0 Å². The molecule has 19 nitrogen and oxygen atoms in total. The smallest absolute Gasteiger partial charge is 0.251 e. The molecule has 0 radical (unpaired) electrons. The van der Waals surface area contributed by atoms with E-state index in [0.717, 1.165) is 64.9 Å². The number of aromatic nitrogens is 2. The van der Waals surface area contributed by atoms with Crippen LogP contribution in [-0.4, -0.2) is 168 Å². The second-order valence-electron chi connectivity index (χ2n) is 29.3. The Bertz CT molecular complexity index is 4600. The SMILES string of the molecule is CC[C@@H](CN1CC[C@@H](CNC(=O)c2ccc3ccccc3c2)N[C@@H](CCCN)C1=O)c1ccccc1.CC[C@H](CN1CC[C@@H](CNC(=O)c2ccc3ccccc3c2)N[C@@H](CCN)C1=O)c1ccccc1.O=C(/C=C/c1ccc(Cl)cc1)NC[C@@H]1CCN(CC(c2ccccc2)c2ccccc2)C(=O)[C@H](Cc2cnc[nH]2)N1. The summed E-state index contributed by atoms with van der Waals surface area (Å²) in [5.41, 5.74) is 19.5. The normalized spacial score (nSPS) is 18.7. The average molecular weight is 1530 g/mol. The Morgan fingerprint density at radius 3 is 1.36 bits per heavy atom. The maximum absolute atomic E-state index is 14.0. The molecule has 6 amide bonds. The number of hydrogen-bond donors (Lipinski definition) is 9. The van der Waals surface area contributed by atoms with E-state index in [0.29, 0.717) is 126 Å². The van der Waals surface area contributed by atoms with Crippen molar-refractivity contribution in [2.24, 2.45) is 11.5 Å². The van der Waals surface area contributed by atoms with Gasteiger partial charge in [-0.3, -0.25) is 28.8 Å². The van der Waals surface area contributed by atoms with Crippen molar-refractivity contribution in [3.63, 3.8) is 0 Å². The van der Waals surface area contributed by atoms with Crippen molar-refractivity contribution < 1.29 is 28.8 Å². The fourth-order valence-corrected chi connectivity index (χ4v) is 15.3. The van der Waals surface area contributed by atoms with Crippen LogP contribution in [0.4, 0.5) is 0 Å². The molecular formula is C92H108ClN13O6. The number of aromatic amines is 1. The summed E-state index contributed by atoms with van der Waals surface area (Å²) in [5.74, 6) is 0.551. The highest BCUT2D eigenvalue weighted by Gasteiger charge is 2.36. The van der Waals surface area contributed by atoms with Crippen LogP contribution in [-0.2, 0) is 25.6 Å². The molecule has 0 saturated carbocycles. The minimum absolute atomic E-state index is 0.00158. The zero-order valence-corrected chi connectivity index (χ0v) is 65.1. The lowest BCUT2D eigenvalue weighted by Crippen LogP contribution is -2.50. The van der Waals surface area contributed by atoms with Crippen LogP contribution in [0.2, 0.25) is 5.02 Å². The third-order valence-corrected chi connectivity index (χ3v) is 21.8. The third-order valence-electron chi connectivity index (χ3n) is 21.6. The molecule has 0 spiro atoms. The maximum Gasteiger partial charge on any atom is 0.251 e. The van der Waals surface area contributed by atoms with Gasteiger partial charge in [-0.05, 0) is 156 Å². The number of carbonyl (C=O) groups excluding carboxylic acids is 6. The van der Waals surface area contributed by atoms with E-state index in [4.69, 9.17) is 23.1 Å². The molecule has 3 aliphatic heterocycles. The predicted octanol–water partition coefficient (Wildman–Crippen LogP) is 12.6. The molecule has 10 aromatic rings. The van der Waals surface area contributed by atoms with Gasteiger partial charge in [0.25, 0.3) is 11.8 Å². The van der Waals surface area contributed by atoms with E-state index in [1.165, 1.54) is 28.3 Å². The minimum atomic E-state index is -0.448. The molecule has 0 unspecified atom stereocenters. The largest absolute Gasteiger partial charge is 0.351 e. The summed E-state index contributed by atoms with van der Waals surface area (Å²) < 4.78 is 0. The molecule has 0 bridgehead atoms. The Morgan fingerprint density at radius 2 is 0.911 bits per heavy atom. The average Bonchev–Trinajstić information content (AvgIpc) is 1.63. The fraction of sp³-hybridized carbons (Fsp3) is 0.337. The van der Waals surface area contributed by atoms with Gasteiger partial charge in [-0.2, -0.15) is 0 Å². The lowest BCUT2D eigenvalue weighted by Gasteiger charge is -2.29. The first-order chi connectivity index (χ1) is 54.7. The lowest BCUT2D eigenvalue weighted by atomic mass is 9.90. The summed E-state index contributed by atoms with van der Waals surface area (Å²) in [6.45, 7) is 10.6. The molecule has 1 aromatic heterocycles. The second-order valence-corrected chi connectivity index (χ2v) is 29.8. The highest BCUT2D eigenvalue weighted by atomic mass is 35.5. The molecule has 3 fully saturated rings. The Balaban J connectivity index is 0.000000167. The number of amides is 6. The van der Waals surface area contributed by atoms with E-state index in [2.05, 4.69) is 129 Å². The van der Waals surface area contributed by atoms with E-state index in [1.807, 2.05) is 160 Å². The van der Waals surface area contributed by atoms with Crippen LogP contribution >= 0.6 is 11.6 Å². The summed E-state index contributed by atoms with van der Waals surface area (Å²) in [6.07, 6.45) is 13.4. The summed E-state index contributed by atoms with van der Waals surface area (Å²) >= 11 is 5.95. The van der Waals surface area contributed by atoms with E-state index in [9.17, 15) is 28.8 Å². The van der Waals surface area contributed by atoms with Crippen molar-refractivity contribution in [1.29, 1.82) is 0 Å². The van der Waals surface area contributed by atoms with Crippen LogP contribution in [0.15, 0.2) is 249 Å². The van der Waals surface area contributed by atoms with Crippen molar-refractivity contribution in [1.82, 2.24) is 56.6 Å². The van der Waals surface area contributed by atoms with Gasteiger partial charge in [-0.25, -0.2) is 4.98 Å². The number of nitrogens with zero attached hydrogens (tertiary/aromatic N) is 4. The Hall–Kier alpha value is -10.6. The van der Waals surface area contributed by atoms with Crippen LogP contribution in [0, 0.1) is 0 Å². The predicted molar refractivity (Wildman–Crippen MR) is 450 cm³/mol. The number of benzene rings is 9. The molecule has 11 N–H and O–H groups in total. The molecule has 8 atom stereocenters. The number of nitrogens with two attached hydrogens (primary N) is 2. The Morgan fingerprint density at radius 1 is 0.491 bits per heavy atom. The zero-order chi connectivity index (χ0) is 78.4. The lowest BCUT2D eigenvalue weighted by molar-refractivity contribution is -0.133. The van der Waals surface area contributed by atoms with Gasteiger partial charge in [-0.15, -0.1) is 0 Å². The standard InChI is InChI=1S/C33H34ClN5O2.C30H38N4O2.C29H36N4O2/c34-27-14-11-24(12-15-27)13-16-32(40)36-21-28-17-18-39(33(41)31(38-28)19-29-20-35-23-37-29)22-30(25-7-3-1-4-8-25)26-9-5-2-6-10-26;1-2-22(23-9-4-3-5-10-23)21-34-18-16-27(33-28(30(34)36)13-8-17-31)20-32-29(35)26-15-14-24-11-6-7-12-25(24)19-26;1-2-21(22-8-4-3-5-9-22)20-33-17-15-26(32-27(14-16-30)29(33)35)19-31-28(34)25-13-12-23-10-6-7-11-24(23)18-25/h1-16,20,23,28,30-31,38H,17-19,21-22H2,(H,35,37)(H,36,40);3-7,9-12,14-15,19,22,27-28,33H,2,8,13,16-18,20-21,31H2,1H3,(H,32,35);3-13,18,21,26-27,32H,2,14-17,19-20,30H2,1H3,(H,31,34)/b16-13+;;/t28-,31-;22-,27-,28-;21-,26+,27+/m001/s1. The summed E-state index contributed by atoms with van der Waals surface area (Å²) in [6, 6.07) is 75.2. The first-order valence-corrected chi connectivity index (χ1v) is 40.1. The van der Waals surface area contributed by atoms with Gasteiger partial charge in [0.05, 0.1) is 24.5 Å². The third kappa shape index (κ3) is 23.9. The van der Waals surface area contributed by atoms with Gasteiger partial charge in [-0.1, -0.05) is 220 Å². The van der Waals surface area contributed by atoms with Gasteiger partial charge in [0.1, 0.15) is 0 Å². The summed E-state index contributed by atoms with van der Waals surface area (Å²) in [4.78, 5) is 92.4. The van der Waals surface area contributed by atoms with E-state index >= 15 is 0 Å². The van der Waals surface area contributed by atoms with Crippen molar-refractivity contribution in [3.05, 3.63) is 299 Å². The van der Waals surface area contributed by atoms with Crippen LogP contribution in [0.5, 0.6) is 0 Å². The number of imidazole rings is 1. The first-order valence-electron chi connectivity index (χ1n) is 39.7. The van der Waals surface area contributed by atoms with Gasteiger partial charge >= 0.3 is 0 Å². The molecular weight excluding hydrogens is 1420 g/mol. The van der Waals surface area contributed by atoms with Crippen molar-refractivity contribution in [2.45, 2.75) is 126 Å². The van der Waals surface area contributed by atoms with E-state index < -0.39 is 6.04 Å². The second kappa shape index (κ2) is 42.7. The van der Waals surface area contributed by atoms with Gasteiger partial charge < -0.3 is 63.1 Å². The number of carbonyl (C=O) groups is 6. The van der Waals surface area contributed by atoms with Crippen LogP contribution in [0.1, 0.15) is 137 Å². The summed E-state index contributed by atoms with van der Waals surface area (Å²) in [5, 5.41) is 24.7. The number of rotatable bonds is 29. The molecule has 13 rings (SSSR count). The molecule has 584 valence electrons. The zero-order valence-electron chi connectivity index (χ0n) is 64.4. The molecule has 3 saturated heterocycles. The van der Waals surface area contributed by atoms with E-state index in [-0.39, 0.29) is 71.6 Å². The van der Waals surface area contributed by atoms with Crippen molar-refractivity contribution >= 4 is 74.7 Å². The molecule has 4 heterocycles. The topological polar surface area (TPSA) is 265 Å². The highest BCUT2D eigenvalue weighted by molar-refractivity contribution is 6.30. The van der Waals surface area contributed by atoms with Crippen LogP contribution < -0.4 is 43.4 Å². The van der Waals surface area contributed by atoms with Crippen LogP contribution in [0.3, 0.4) is 0 Å². The number of nitrogens with one attached hydrogen (secondary N) is 7. The fourth-order valence-electron chi connectivity index (χ4n) is 15.2. The molecule has 20 heteroatoms.